The van der Waals surface area contributed by atoms with Crippen LogP contribution in [0.4, 0.5) is 0 Å². The first-order valence-electron chi connectivity index (χ1n) is 51.0. The summed E-state index contributed by atoms with van der Waals surface area (Å²) in [5.41, 5.74) is 0. The summed E-state index contributed by atoms with van der Waals surface area (Å²) in [4.78, 5) is 98.7. The number of hydrogen-bond donors (Lipinski definition) is 0. The molecule has 0 N–H and O–H groups in total. The summed E-state index contributed by atoms with van der Waals surface area (Å²) in [7, 11) is 0. The highest BCUT2D eigenvalue weighted by Crippen LogP contribution is 2.13. The monoisotopic (exact) mass is 1810 g/mol. The lowest BCUT2D eigenvalue weighted by atomic mass is 10.0. The van der Waals surface area contributed by atoms with Gasteiger partial charge >= 0.3 is 0 Å². The van der Waals surface area contributed by atoms with Gasteiger partial charge in [0.05, 0.1) is 0 Å². The van der Waals surface area contributed by atoms with Crippen LogP contribution in [0.1, 0.15) is 424 Å². The number of aldehydes is 10. The van der Waals surface area contributed by atoms with Crippen LogP contribution in [0.15, 0.2) is 267 Å². The molecule has 0 aliphatic rings. The van der Waals surface area contributed by atoms with Crippen LogP contribution in [0.5, 0.6) is 0 Å². The summed E-state index contributed by atoms with van der Waals surface area (Å²) >= 11 is 0. The number of hydrogen-bond acceptors (Lipinski definition) is 10. The van der Waals surface area contributed by atoms with E-state index >= 15 is 0 Å². The van der Waals surface area contributed by atoms with Crippen LogP contribution >= 0.6 is 0 Å². The molecule has 2 atom stereocenters. The lowest BCUT2D eigenvalue weighted by molar-refractivity contribution is -0.104. The van der Waals surface area contributed by atoms with Crippen LogP contribution in [0.2, 0.25) is 0 Å². The average molecular weight is 1810 g/mol. The maximum Gasteiger partial charge on any atom is 0.142 e. The number of allylic oxidation sites excluding steroid dienone is 44. The van der Waals surface area contributed by atoms with Gasteiger partial charge in [0.25, 0.3) is 0 Å². The zero-order valence-electron chi connectivity index (χ0n) is 86.5. The number of unbranched alkanes of at least 4 members (excludes halogenated alkanes) is 30. The molecule has 0 aromatic heterocycles. The normalized spacial score (nSPS) is 12.0. The van der Waals surface area contributed by atoms with Crippen molar-refractivity contribution in [1.29, 1.82) is 0 Å². The van der Waals surface area contributed by atoms with Gasteiger partial charge in [-0.1, -0.05) is 340 Å². The predicted molar refractivity (Wildman–Crippen MR) is 584 cm³/mol. The van der Waals surface area contributed by atoms with Crippen LogP contribution in [0.3, 0.4) is 0 Å². The third kappa shape index (κ3) is 207. The predicted octanol–water partition coefficient (Wildman–Crippen LogP) is 36.5. The van der Waals surface area contributed by atoms with Crippen molar-refractivity contribution in [3.63, 3.8) is 0 Å². The molecule has 0 aliphatic carbocycles. The molecule has 131 heavy (non-hydrogen) atoms. The van der Waals surface area contributed by atoms with Gasteiger partial charge in [-0.25, -0.2) is 0 Å². The molecule has 0 saturated carbocycles. The van der Waals surface area contributed by atoms with Gasteiger partial charge in [-0.05, 0) is 364 Å². The Morgan fingerprint density at radius 2 is 0.313 bits per heavy atom. The standard InChI is InChI=1S/2C14H24O.C13H22O.2C11H18O.C11H20.3C10H16O.C9H14O.C8H12O/c2*1-2-3-4-5-6-7-8-9-10-11-12-13-14-15;1-2-3-4-5-6-7-8-9-10-11-12-13-14;2*1-2-3-4-5-6-7-8-9-10-11-12;1-4-6-8-10-11(3)9-7-5-2;1-3-4-7-10(2)8-5-6-9-11;2*1-2-3-4-5-6-7-8-9-10-11;1-2-3-4-5-6-7-8-9-10;1-2-3-4-5-6-7-8-9/h7-8,12-14H,2-6,9-11H2,1H3;3-4,12-14H,2,5-11H2,1H3;3-4,11-13H,2,5-10H2,1H3;4-5,9-11H,2-3,6-8H2,1H3;3-4,9-11H,2,5-8H2,1H3;5-8,11H,4,9-10H2,1-3H3;3-6,9-10H,7-8H2,1-2H3;4-5,8-10H,2-3,6-7H2,1H3;3-4,8-10H,2,5-7H2,1H3;2-3,7-9H,4-6H2,1H3;2-3,6-8H,4-5H2,1H3/b8-7-,13-12+;4-3-,13-12+;4-3-,12-11+;5-4-,10-9+;4-3-,10-9+;7-5+,8-6-;4-3-,6-5+;5-4-,9-8+;4-3-,9-8+;3-2-,8-7+;3-2-,7-6+. The Morgan fingerprint density at radius 3 is 0.580 bits per heavy atom. The second-order valence-electron chi connectivity index (χ2n) is 30.8. The second-order valence-corrected chi connectivity index (χ2v) is 30.8. The Labute approximate surface area is 809 Å². The smallest absolute Gasteiger partial charge is 0.142 e. The van der Waals surface area contributed by atoms with Gasteiger partial charge in [-0.2, -0.15) is 0 Å². The van der Waals surface area contributed by atoms with Gasteiger partial charge in [-0.3, -0.25) is 47.9 Å². The van der Waals surface area contributed by atoms with Gasteiger partial charge < -0.3 is 0 Å². The van der Waals surface area contributed by atoms with Gasteiger partial charge in [0, 0.05) is 0 Å². The fourth-order valence-electron chi connectivity index (χ4n) is 10.6. The van der Waals surface area contributed by atoms with E-state index < -0.39 is 0 Å². The van der Waals surface area contributed by atoms with Crippen molar-refractivity contribution in [2.24, 2.45) is 11.8 Å². The van der Waals surface area contributed by atoms with Crippen molar-refractivity contribution >= 4 is 62.9 Å². The van der Waals surface area contributed by atoms with E-state index in [2.05, 4.69) is 210 Å². The van der Waals surface area contributed by atoms with E-state index in [0.29, 0.717) is 5.92 Å². The molecule has 0 spiro atoms. The quantitative estimate of drug-likeness (QED) is 0.0247. The van der Waals surface area contributed by atoms with Crippen molar-refractivity contribution in [3.8, 4) is 0 Å². The third-order valence-electron chi connectivity index (χ3n) is 18.1. The fraction of sp³-hybridized carbons (Fsp3) is 0.554. The van der Waals surface area contributed by atoms with Crippen LogP contribution < -0.4 is 0 Å². The summed E-state index contributed by atoms with van der Waals surface area (Å²) in [6.07, 6.45) is 155. The van der Waals surface area contributed by atoms with Crippen LogP contribution in [-0.2, 0) is 47.9 Å². The van der Waals surface area contributed by atoms with E-state index in [1.165, 1.54) is 160 Å². The summed E-state index contributed by atoms with van der Waals surface area (Å²) < 4.78 is 0. The first-order chi connectivity index (χ1) is 64.3. The molecule has 0 radical (unpaired) electrons. The molecule has 744 valence electrons. The van der Waals surface area contributed by atoms with Crippen molar-refractivity contribution in [2.75, 3.05) is 0 Å². The average Bonchev–Trinajstić information content (AvgIpc) is 1.06. The Kier molecular flexibility index (Phi) is 185. The molecule has 10 nitrogen and oxygen atoms in total. The first kappa shape index (κ1) is 145. The lowest BCUT2D eigenvalue weighted by Gasteiger charge is -2.02. The van der Waals surface area contributed by atoms with E-state index in [9.17, 15) is 47.9 Å². The largest absolute Gasteiger partial charge is 0.299 e. The van der Waals surface area contributed by atoms with Crippen molar-refractivity contribution < 1.29 is 47.9 Å². The Bertz CT molecular complexity index is 2950. The first-order valence-corrected chi connectivity index (χ1v) is 51.0. The number of carbonyl (C=O) groups excluding carboxylic acids is 10. The molecule has 0 rings (SSSR count). The molecule has 2 unspecified atom stereocenters. The molecule has 0 saturated heterocycles. The highest BCUT2D eigenvalue weighted by molar-refractivity contribution is 5.67. The summed E-state index contributed by atoms with van der Waals surface area (Å²) in [6.45, 7) is 29.9. The van der Waals surface area contributed by atoms with Crippen LogP contribution in [-0.4, -0.2) is 62.9 Å². The number of rotatable bonds is 74. The molecule has 0 bridgehead atoms. The molecule has 0 heterocycles. The highest BCUT2D eigenvalue weighted by atomic mass is 16.1. The van der Waals surface area contributed by atoms with Crippen LogP contribution in [0.25, 0.3) is 0 Å². The van der Waals surface area contributed by atoms with Crippen molar-refractivity contribution in [2.45, 2.75) is 424 Å². The molecule has 0 fully saturated rings. The van der Waals surface area contributed by atoms with Gasteiger partial charge in [0.2, 0.25) is 0 Å². The minimum Gasteiger partial charge on any atom is -0.299 e. The molecule has 0 aromatic rings. The molecular formula is C121H200O10. The lowest BCUT2D eigenvalue weighted by Crippen LogP contribution is -1.88. The molecule has 10 heteroatoms. The zero-order valence-corrected chi connectivity index (χ0v) is 86.5. The maximum atomic E-state index is 9.97. The minimum atomic E-state index is 0.641. The summed E-state index contributed by atoms with van der Waals surface area (Å²) in [6, 6.07) is 0. The molecule has 0 aliphatic heterocycles. The summed E-state index contributed by atoms with van der Waals surface area (Å²) in [5.74, 6) is 1.44. The number of carbonyl (C=O) groups is 10. The summed E-state index contributed by atoms with van der Waals surface area (Å²) in [5, 5.41) is 0. The second kappa shape index (κ2) is 167. The molecule has 0 aromatic carbocycles. The van der Waals surface area contributed by atoms with E-state index in [1.54, 1.807) is 54.7 Å². The fourth-order valence-corrected chi connectivity index (χ4v) is 10.6. The molecule has 0 amide bonds. The topological polar surface area (TPSA) is 171 Å². The van der Waals surface area contributed by atoms with E-state index in [0.717, 1.165) is 242 Å². The third-order valence-corrected chi connectivity index (χ3v) is 18.1. The zero-order chi connectivity index (χ0) is 99.4. The maximum absolute atomic E-state index is 9.97. The van der Waals surface area contributed by atoms with E-state index in [1.807, 2.05) is 93.7 Å². The van der Waals surface area contributed by atoms with Gasteiger partial charge in [-0.15, -0.1) is 0 Å². The molecular weight excluding hydrogens is 1610 g/mol. The highest BCUT2D eigenvalue weighted by Gasteiger charge is 1.97. The Morgan fingerprint density at radius 1 is 0.145 bits per heavy atom. The Hall–Kier alpha value is -9.02. The minimum absolute atomic E-state index is 0.641. The van der Waals surface area contributed by atoms with E-state index in [-0.39, 0.29) is 0 Å². The Balaban J connectivity index is -0.000000135. The van der Waals surface area contributed by atoms with Crippen molar-refractivity contribution in [3.05, 3.63) is 267 Å². The van der Waals surface area contributed by atoms with E-state index in [4.69, 9.17) is 0 Å². The van der Waals surface area contributed by atoms with Crippen LogP contribution in [0, 0.1) is 11.8 Å². The SMILES string of the molecule is C/C=C/CC(C)C/C=C\CC.C/C=C\CC(C)C/C=C/C=O.C/C=C\CC/C=C/C=O.C/C=C\CCC/C=C/C=O.CC/C=C\CCC/C=C/C=O.CC/C=C\CCCC/C=C/C=O.CC/C=C\CCCCCC/C=C/C=O.CC/C=C\CCCCCCC/C=C/C=O.CCC/C=C\CC/C=C/C=O.CCC/C=C\CCC/C=C/C=O.CCCCCC/C=C\CCC/C=C/C=O. The van der Waals surface area contributed by atoms with Crippen molar-refractivity contribution in [1.82, 2.24) is 0 Å². The van der Waals surface area contributed by atoms with Gasteiger partial charge in [0.15, 0.2) is 0 Å². The van der Waals surface area contributed by atoms with Gasteiger partial charge in [0.1, 0.15) is 62.9 Å².